The standard InChI is InChI=1S/C13H20N2O/c1-10-3-5-12(6-4-10)7-8-13(16)15-11(2)9-14/h3-6,11H,7-9,14H2,1-2H3,(H,15,16)/t11-/m1/s1. The largest absolute Gasteiger partial charge is 0.352 e. The van der Waals surface area contributed by atoms with Crippen molar-refractivity contribution in [2.75, 3.05) is 6.54 Å². The van der Waals surface area contributed by atoms with Crippen molar-refractivity contribution < 1.29 is 4.79 Å². The van der Waals surface area contributed by atoms with E-state index < -0.39 is 0 Å². The highest BCUT2D eigenvalue weighted by molar-refractivity contribution is 5.76. The zero-order valence-corrected chi connectivity index (χ0v) is 9.99. The molecule has 0 aliphatic rings. The van der Waals surface area contributed by atoms with Crippen molar-refractivity contribution in [2.45, 2.75) is 32.7 Å². The number of benzene rings is 1. The monoisotopic (exact) mass is 220 g/mol. The van der Waals surface area contributed by atoms with Crippen LogP contribution in [0.4, 0.5) is 0 Å². The third-order valence-electron chi connectivity index (χ3n) is 2.52. The molecule has 88 valence electrons. The Balaban J connectivity index is 2.34. The molecule has 3 N–H and O–H groups in total. The lowest BCUT2D eigenvalue weighted by molar-refractivity contribution is -0.121. The van der Waals surface area contributed by atoms with E-state index >= 15 is 0 Å². The molecule has 0 aliphatic heterocycles. The molecule has 1 atom stereocenters. The van der Waals surface area contributed by atoms with E-state index in [0.29, 0.717) is 13.0 Å². The average molecular weight is 220 g/mol. The van der Waals surface area contributed by atoms with Gasteiger partial charge in [0, 0.05) is 19.0 Å². The Kier molecular flexibility index (Phi) is 4.99. The summed E-state index contributed by atoms with van der Waals surface area (Å²) in [7, 11) is 0. The lowest BCUT2D eigenvalue weighted by Crippen LogP contribution is -2.37. The second-order valence-corrected chi connectivity index (χ2v) is 4.19. The molecule has 0 aromatic heterocycles. The summed E-state index contributed by atoms with van der Waals surface area (Å²) in [5, 5.41) is 2.85. The van der Waals surface area contributed by atoms with Crippen LogP contribution in [-0.2, 0) is 11.2 Å². The van der Waals surface area contributed by atoms with Crippen molar-refractivity contribution in [1.82, 2.24) is 5.32 Å². The zero-order valence-electron chi connectivity index (χ0n) is 9.99. The number of rotatable bonds is 5. The fourth-order valence-electron chi connectivity index (χ4n) is 1.42. The van der Waals surface area contributed by atoms with Crippen molar-refractivity contribution in [1.29, 1.82) is 0 Å². The van der Waals surface area contributed by atoms with E-state index in [1.807, 2.05) is 6.92 Å². The lowest BCUT2D eigenvalue weighted by atomic mass is 10.1. The van der Waals surface area contributed by atoms with E-state index in [2.05, 4.69) is 36.5 Å². The smallest absolute Gasteiger partial charge is 0.220 e. The molecule has 1 rings (SSSR count). The summed E-state index contributed by atoms with van der Waals surface area (Å²) in [6.45, 7) is 4.44. The molecule has 0 saturated heterocycles. The van der Waals surface area contributed by atoms with Gasteiger partial charge < -0.3 is 11.1 Å². The summed E-state index contributed by atoms with van der Waals surface area (Å²) in [4.78, 5) is 11.5. The molecule has 0 saturated carbocycles. The molecular formula is C13H20N2O. The van der Waals surface area contributed by atoms with Crippen LogP contribution in [0.1, 0.15) is 24.5 Å². The topological polar surface area (TPSA) is 55.1 Å². The molecule has 0 spiro atoms. The SMILES string of the molecule is Cc1ccc(CCC(=O)N[C@H](C)CN)cc1. The number of carbonyl (C=O) groups excluding carboxylic acids is 1. The Bertz CT molecular complexity index is 332. The predicted molar refractivity (Wildman–Crippen MR) is 66.2 cm³/mol. The van der Waals surface area contributed by atoms with E-state index in [1.54, 1.807) is 0 Å². The third kappa shape index (κ3) is 4.45. The summed E-state index contributed by atoms with van der Waals surface area (Å²) < 4.78 is 0. The number of hydrogen-bond acceptors (Lipinski definition) is 2. The van der Waals surface area contributed by atoms with Crippen LogP contribution in [0.5, 0.6) is 0 Å². The molecule has 1 aromatic rings. The first-order chi connectivity index (χ1) is 7.61. The summed E-state index contributed by atoms with van der Waals surface area (Å²) in [6, 6.07) is 8.32. The van der Waals surface area contributed by atoms with Crippen molar-refractivity contribution in [3.05, 3.63) is 35.4 Å². The maximum Gasteiger partial charge on any atom is 0.220 e. The van der Waals surface area contributed by atoms with Crippen molar-refractivity contribution in [2.24, 2.45) is 5.73 Å². The maximum atomic E-state index is 11.5. The normalized spacial score (nSPS) is 12.2. The molecule has 0 aliphatic carbocycles. The highest BCUT2D eigenvalue weighted by Gasteiger charge is 2.05. The van der Waals surface area contributed by atoms with Crippen LogP contribution in [0.25, 0.3) is 0 Å². The van der Waals surface area contributed by atoms with Crippen LogP contribution in [0.2, 0.25) is 0 Å². The van der Waals surface area contributed by atoms with Crippen LogP contribution in [0.15, 0.2) is 24.3 Å². The van der Waals surface area contributed by atoms with Gasteiger partial charge in [-0.05, 0) is 25.8 Å². The van der Waals surface area contributed by atoms with E-state index in [1.165, 1.54) is 11.1 Å². The van der Waals surface area contributed by atoms with E-state index in [-0.39, 0.29) is 11.9 Å². The number of aryl methyl sites for hydroxylation is 2. The molecular weight excluding hydrogens is 200 g/mol. The van der Waals surface area contributed by atoms with Gasteiger partial charge in [0.2, 0.25) is 5.91 Å². The maximum absolute atomic E-state index is 11.5. The van der Waals surface area contributed by atoms with E-state index in [4.69, 9.17) is 5.73 Å². The third-order valence-corrected chi connectivity index (χ3v) is 2.52. The molecule has 1 amide bonds. The number of amides is 1. The first-order valence-electron chi connectivity index (χ1n) is 5.67. The van der Waals surface area contributed by atoms with E-state index in [0.717, 1.165) is 6.42 Å². The zero-order chi connectivity index (χ0) is 12.0. The Hall–Kier alpha value is -1.35. The lowest BCUT2D eigenvalue weighted by Gasteiger charge is -2.11. The highest BCUT2D eigenvalue weighted by atomic mass is 16.1. The number of carbonyl (C=O) groups is 1. The van der Waals surface area contributed by atoms with Gasteiger partial charge in [-0.1, -0.05) is 29.8 Å². The van der Waals surface area contributed by atoms with Gasteiger partial charge in [0.15, 0.2) is 0 Å². The van der Waals surface area contributed by atoms with Gasteiger partial charge in [-0.15, -0.1) is 0 Å². The average Bonchev–Trinajstić information content (AvgIpc) is 2.28. The molecule has 3 heteroatoms. The molecule has 0 heterocycles. The molecule has 0 unspecified atom stereocenters. The van der Waals surface area contributed by atoms with Crippen LogP contribution >= 0.6 is 0 Å². The van der Waals surface area contributed by atoms with Crippen molar-refractivity contribution in [3.63, 3.8) is 0 Å². The van der Waals surface area contributed by atoms with Crippen LogP contribution in [0, 0.1) is 6.92 Å². The summed E-state index contributed by atoms with van der Waals surface area (Å²) in [6.07, 6.45) is 1.30. The van der Waals surface area contributed by atoms with Gasteiger partial charge in [-0.25, -0.2) is 0 Å². The number of hydrogen-bond donors (Lipinski definition) is 2. The predicted octanol–water partition coefficient (Wildman–Crippen LogP) is 1.39. The first kappa shape index (κ1) is 12.7. The number of nitrogens with two attached hydrogens (primary N) is 1. The van der Waals surface area contributed by atoms with Crippen molar-refractivity contribution in [3.8, 4) is 0 Å². The molecule has 1 aromatic carbocycles. The second-order valence-electron chi connectivity index (χ2n) is 4.19. The second kappa shape index (κ2) is 6.28. The molecule has 3 nitrogen and oxygen atoms in total. The van der Waals surface area contributed by atoms with Crippen molar-refractivity contribution >= 4 is 5.91 Å². The summed E-state index contributed by atoms with van der Waals surface area (Å²) >= 11 is 0. The Morgan fingerprint density at radius 3 is 2.56 bits per heavy atom. The highest BCUT2D eigenvalue weighted by Crippen LogP contribution is 2.05. The fraction of sp³-hybridized carbons (Fsp3) is 0.462. The van der Waals surface area contributed by atoms with Crippen LogP contribution in [-0.4, -0.2) is 18.5 Å². The molecule has 16 heavy (non-hydrogen) atoms. The Morgan fingerprint density at radius 1 is 1.38 bits per heavy atom. The van der Waals surface area contributed by atoms with Crippen LogP contribution in [0.3, 0.4) is 0 Å². The van der Waals surface area contributed by atoms with Gasteiger partial charge in [0.25, 0.3) is 0 Å². The Morgan fingerprint density at radius 2 is 2.00 bits per heavy atom. The van der Waals surface area contributed by atoms with Gasteiger partial charge in [0.1, 0.15) is 0 Å². The Labute approximate surface area is 97.0 Å². The number of nitrogens with one attached hydrogen (secondary N) is 1. The van der Waals surface area contributed by atoms with E-state index in [9.17, 15) is 4.79 Å². The molecule has 0 radical (unpaired) electrons. The van der Waals surface area contributed by atoms with Gasteiger partial charge in [-0.2, -0.15) is 0 Å². The first-order valence-corrected chi connectivity index (χ1v) is 5.67. The quantitative estimate of drug-likeness (QED) is 0.788. The molecule has 0 fully saturated rings. The fourth-order valence-corrected chi connectivity index (χ4v) is 1.42. The summed E-state index contributed by atoms with van der Waals surface area (Å²) in [5.41, 5.74) is 7.87. The van der Waals surface area contributed by atoms with Gasteiger partial charge in [-0.3, -0.25) is 4.79 Å². The van der Waals surface area contributed by atoms with Crippen LogP contribution < -0.4 is 11.1 Å². The minimum Gasteiger partial charge on any atom is -0.352 e. The minimum absolute atomic E-state index is 0.0607. The van der Waals surface area contributed by atoms with Gasteiger partial charge in [0.05, 0.1) is 0 Å². The summed E-state index contributed by atoms with van der Waals surface area (Å²) in [5.74, 6) is 0.0681. The minimum atomic E-state index is 0.0607. The molecule has 0 bridgehead atoms. The van der Waals surface area contributed by atoms with Gasteiger partial charge >= 0.3 is 0 Å².